The van der Waals surface area contributed by atoms with Gasteiger partial charge in [0.25, 0.3) is 0 Å². The quantitative estimate of drug-likeness (QED) is 0.194. The molecule has 2 aromatic carbocycles. The van der Waals surface area contributed by atoms with Crippen LogP contribution in [-0.4, -0.2) is 42.8 Å². The average molecular weight is 439 g/mol. The van der Waals surface area contributed by atoms with E-state index >= 15 is 0 Å². The summed E-state index contributed by atoms with van der Waals surface area (Å²) in [5.41, 5.74) is 1.11. The number of benzene rings is 2. The third-order valence-electron chi connectivity index (χ3n) is 6.28. The first-order valence-electron chi connectivity index (χ1n) is 12.5. The van der Waals surface area contributed by atoms with Crippen LogP contribution in [0.15, 0.2) is 36.4 Å². The number of phenols is 1. The summed E-state index contributed by atoms with van der Waals surface area (Å²) in [4.78, 5) is 0. The van der Waals surface area contributed by atoms with Crippen molar-refractivity contribution >= 4 is 48.5 Å². The van der Waals surface area contributed by atoms with Gasteiger partial charge in [0.2, 0.25) is 0 Å². The molecule has 0 saturated heterocycles. The van der Waals surface area contributed by atoms with E-state index in [2.05, 4.69) is 25.1 Å². The Morgan fingerprint density at radius 1 is 0.567 bits per heavy atom. The van der Waals surface area contributed by atoms with Crippen LogP contribution in [0.4, 0.5) is 0 Å². The zero-order valence-corrected chi connectivity index (χ0v) is 18.9. The summed E-state index contributed by atoms with van der Waals surface area (Å²) >= 11 is 0. The van der Waals surface area contributed by atoms with Gasteiger partial charge in [0.05, 0.1) is 0 Å². The van der Waals surface area contributed by atoms with E-state index in [1.165, 1.54) is 103 Å². The van der Waals surface area contributed by atoms with Gasteiger partial charge in [-0.2, -0.15) is 0 Å². The minimum absolute atomic E-state index is 0. The van der Waals surface area contributed by atoms with E-state index in [1.54, 1.807) is 0 Å². The first-order chi connectivity index (χ1) is 14.3. The molecule has 0 aliphatic rings. The second kappa shape index (κ2) is 18.3. The predicted molar refractivity (Wildman–Crippen MR) is 137 cm³/mol. The van der Waals surface area contributed by atoms with Gasteiger partial charge >= 0.3 is 37.7 Å². The summed E-state index contributed by atoms with van der Waals surface area (Å²) in [6.45, 7) is 2.29. The normalized spacial score (nSPS) is 11.0. The van der Waals surface area contributed by atoms with Crippen LogP contribution < -0.4 is 0 Å². The van der Waals surface area contributed by atoms with E-state index in [-0.39, 0.29) is 37.7 Å². The fourth-order valence-electron chi connectivity index (χ4n) is 4.37. The Labute approximate surface area is 216 Å². The number of aryl methyl sites for hydroxylation is 1. The van der Waals surface area contributed by atoms with Gasteiger partial charge in [-0.15, -0.1) is 0 Å². The number of unbranched alkanes of at least 4 members (excludes halogenated alkanes) is 15. The van der Waals surface area contributed by atoms with E-state index in [0.29, 0.717) is 5.75 Å². The monoisotopic (exact) mass is 438 g/mol. The molecular weight excluding hydrogens is 392 g/mol. The number of fused-ring (bicyclic) bond motifs is 1. The summed E-state index contributed by atoms with van der Waals surface area (Å²) in [7, 11) is 0. The van der Waals surface area contributed by atoms with E-state index in [9.17, 15) is 5.11 Å². The molecule has 0 amide bonds. The SMILES string of the molecule is CCCCCCCCCCCCCCCCCCc1ccc2ccccc2c1O.[CaH2]. The molecule has 0 atom stereocenters. The Bertz CT molecular complexity index is 667. The van der Waals surface area contributed by atoms with Crippen molar-refractivity contribution in [2.24, 2.45) is 0 Å². The number of hydrogen-bond donors (Lipinski definition) is 1. The third kappa shape index (κ3) is 11.4. The van der Waals surface area contributed by atoms with E-state index < -0.39 is 0 Å². The molecule has 0 bridgehead atoms. The van der Waals surface area contributed by atoms with Crippen molar-refractivity contribution in [1.29, 1.82) is 0 Å². The topological polar surface area (TPSA) is 20.2 Å². The fraction of sp³-hybridized carbons (Fsp3) is 0.643. The molecule has 0 aliphatic heterocycles. The van der Waals surface area contributed by atoms with Crippen LogP contribution >= 0.6 is 0 Å². The van der Waals surface area contributed by atoms with Gasteiger partial charge in [-0.3, -0.25) is 0 Å². The minimum atomic E-state index is 0. The van der Waals surface area contributed by atoms with Crippen LogP contribution in [0.1, 0.15) is 115 Å². The van der Waals surface area contributed by atoms with Gasteiger partial charge in [-0.25, -0.2) is 0 Å². The van der Waals surface area contributed by atoms with E-state index in [0.717, 1.165) is 22.8 Å². The maximum atomic E-state index is 10.5. The standard InChI is InChI=1S/C28H44O.Ca.2H/c1-2-3-4-5-6-7-8-9-10-11-12-13-14-15-16-17-21-26-24-23-25-20-18-19-22-27(25)28(26)29;;;/h18-20,22-24,29H,2-17,21H2,1H3;;;. The van der Waals surface area contributed by atoms with Gasteiger partial charge in [0, 0.05) is 5.39 Å². The van der Waals surface area contributed by atoms with Gasteiger partial charge in [0.15, 0.2) is 0 Å². The summed E-state index contributed by atoms with van der Waals surface area (Å²) in [6.07, 6.45) is 23.4. The molecule has 2 rings (SSSR count). The van der Waals surface area contributed by atoms with E-state index in [1.807, 2.05) is 18.2 Å². The second-order valence-electron chi connectivity index (χ2n) is 8.85. The van der Waals surface area contributed by atoms with Crippen molar-refractivity contribution in [1.82, 2.24) is 0 Å². The van der Waals surface area contributed by atoms with Crippen LogP contribution in [0, 0.1) is 0 Å². The van der Waals surface area contributed by atoms with Gasteiger partial charge in [0.1, 0.15) is 5.75 Å². The molecule has 0 spiro atoms. The molecule has 0 heterocycles. The van der Waals surface area contributed by atoms with Gasteiger partial charge < -0.3 is 5.11 Å². The van der Waals surface area contributed by atoms with Crippen LogP contribution in [0.5, 0.6) is 5.75 Å². The number of hydrogen-bond acceptors (Lipinski definition) is 1. The molecule has 1 nitrogen and oxygen atoms in total. The molecule has 0 radical (unpaired) electrons. The summed E-state index contributed by atoms with van der Waals surface area (Å²) < 4.78 is 0. The number of rotatable bonds is 17. The predicted octanol–water partition coefficient (Wildman–Crippen LogP) is 8.43. The molecule has 0 aliphatic carbocycles. The molecular formula is C28H46CaO. The maximum absolute atomic E-state index is 10.5. The van der Waals surface area contributed by atoms with Gasteiger partial charge in [-0.1, -0.05) is 140 Å². The van der Waals surface area contributed by atoms with Gasteiger partial charge in [-0.05, 0) is 23.8 Å². The summed E-state index contributed by atoms with van der Waals surface area (Å²) in [6, 6.07) is 12.3. The molecule has 0 saturated carbocycles. The number of aromatic hydroxyl groups is 1. The number of phenolic OH excluding ortho intramolecular Hbond substituents is 1. The van der Waals surface area contributed by atoms with Crippen LogP contribution in [0.3, 0.4) is 0 Å². The molecule has 0 unspecified atom stereocenters. The van der Waals surface area contributed by atoms with Crippen molar-refractivity contribution in [3.63, 3.8) is 0 Å². The van der Waals surface area contributed by atoms with Crippen molar-refractivity contribution in [2.75, 3.05) is 0 Å². The van der Waals surface area contributed by atoms with Crippen molar-refractivity contribution in [3.05, 3.63) is 42.0 Å². The molecule has 2 heteroatoms. The second-order valence-corrected chi connectivity index (χ2v) is 8.85. The Morgan fingerprint density at radius 3 is 1.57 bits per heavy atom. The summed E-state index contributed by atoms with van der Waals surface area (Å²) in [5.74, 6) is 0.490. The Morgan fingerprint density at radius 2 is 1.03 bits per heavy atom. The Hall–Kier alpha value is -0.240. The fourth-order valence-corrected chi connectivity index (χ4v) is 4.37. The Kier molecular flexibility index (Phi) is 17.0. The van der Waals surface area contributed by atoms with Crippen LogP contribution in [0.25, 0.3) is 10.8 Å². The first kappa shape index (κ1) is 27.8. The zero-order chi connectivity index (χ0) is 20.6. The van der Waals surface area contributed by atoms with Crippen molar-refractivity contribution in [3.8, 4) is 5.75 Å². The average Bonchev–Trinajstić information content (AvgIpc) is 2.75. The van der Waals surface area contributed by atoms with E-state index in [4.69, 9.17) is 0 Å². The first-order valence-corrected chi connectivity index (χ1v) is 12.5. The molecule has 1 N–H and O–H groups in total. The van der Waals surface area contributed by atoms with Crippen LogP contribution in [0.2, 0.25) is 0 Å². The van der Waals surface area contributed by atoms with Crippen molar-refractivity contribution < 1.29 is 5.11 Å². The Balaban J connectivity index is 0.00000450. The third-order valence-corrected chi connectivity index (χ3v) is 6.28. The zero-order valence-electron chi connectivity index (χ0n) is 18.9. The molecule has 2 aromatic rings. The molecule has 0 fully saturated rings. The molecule has 0 aromatic heterocycles. The van der Waals surface area contributed by atoms with Crippen molar-refractivity contribution in [2.45, 2.75) is 116 Å². The molecule has 30 heavy (non-hydrogen) atoms. The van der Waals surface area contributed by atoms with Crippen LogP contribution in [-0.2, 0) is 6.42 Å². The molecule has 166 valence electrons. The summed E-state index contributed by atoms with van der Waals surface area (Å²) in [5, 5.41) is 12.6.